The number of aromatic hydroxyl groups is 1. The maximum Gasteiger partial charge on any atom is 0.249 e. The monoisotopic (exact) mass is 490 g/mol. The highest BCUT2D eigenvalue weighted by molar-refractivity contribution is 7.13. The molecule has 0 saturated carbocycles. The molecule has 1 aromatic heterocycles. The summed E-state index contributed by atoms with van der Waals surface area (Å²) in [4.78, 5) is 41.9. The Balaban J connectivity index is 1.60. The number of phenolic OH excluding ortho intramolecular Hbond substituents is 1. The molecule has 35 heavy (non-hydrogen) atoms. The second kappa shape index (κ2) is 9.64. The maximum atomic E-state index is 14.2. The van der Waals surface area contributed by atoms with Crippen LogP contribution >= 0.6 is 11.3 Å². The fourth-order valence-corrected chi connectivity index (χ4v) is 5.83. The van der Waals surface area contributed by atoms with Crippen molar-refractivity contribution in [2.24, 2.45) is 5.73 Å². The fraction of sp³-hybridized carbons (Fsp3) is 0.296. The summed E-state index contributed by atoms with van der Waals surface area (Å²) < 4.78 is 5.65. The molecule has 2 aliphatic heterocycles. The number of Topliss-reactive ketones (excluding diaryl/α,β-unsaturated/α-hetero) is 1. The number of carbonyl (C=O) groups excluding carboxylic acids is 3. The SMILES string of the molecule is NC(=O)c1ccc(-c2cccs2)cc1C(Cc1ccc(O)cc1)C(=O)N1CCCC2OCC(=O)C21. The Bertz CT molecular complexity index is 1260. The number of piperidine rings is 1. The number of ketones is 1. The number of amides is 2. The van der Waals surface area contributed by atoms with Gasteiger partial charge in [0.05, 0.1) is 12.0 Å². The number of phenols is 1. The van der Waals surface area contributed by atoms with Crippen molar-refractivity contribution in [3.63, 3.8) is 0 Å². The number of rotatable bonds is 6. The highest BCUT2D eigenvalue weighted by atomic mass is 32.1. The molecule has 180 valence electrons. The Kier molecular flexibility index (Phi) is 6.40. The van der Waals surface area contributed by atoms with Gasteiger partial charge in [-0.2, -0.15) is 0 Å². The van der Waals surface area contributed by atoms with E-state index in [0.29, 0.717) is 12.1 Å². The van der Waals surface area contributed by atoms with Crippen LogP contribution in [-0.2, 0) is 20.7 Å². The Morgan fingerprint density at radius 3 is 2.69 bits per heavy atom. The van der Waals surface area contributed by atoms with Gasteiger partial charge in [-0.25, -0.2) is 0 Å². The van der Waals surface area contributed by atoms with Gasteiger partial charge in [-0.05, 0) is 71.7 Å². The first-order valence-electron chi connectivity index (χ1n) is 11.6. The van der Waals surface area contributed by atoms with Gasteiger partial charge in [0, 0.05) is 17.0 Å². The molecule has 0 bridgehead atoms. The summed E-state index contributed by atoms with van der Waals surface area (Å²) in [6.07, 6.45) is 1.48. The molecule has 2 fully saturated rings. The zero-order valence-corrected chi connectivity index (χ0v) is 19.9. The van der Waals surface area contributed by atoms with Gasteiger partial charge in [0.1, 0.15) is 18.4 Å². The van der Waals surface area contributed by atoms with Crippen LogP contribution in [0.4, 0.5) is 0 Å². The number of hydrogen-bond donors (Lipinski definition) is 2. The number of benzene rings is 2. The number of carbonyl (C=O) groups is 3. The smallest absolute Gasteiger partial charge is 0.249 e. The molecule has 3 aromatic rings. The molecule has 0 spiro atoms. The first kappa shape index (κ1) is 23.3. The number of ether oxygens (including phenoxy) is 1. The second-order valence-corrected chi connectivity index (χ2v) is 9.95. The molecule has 8 heteroatoms. The van der Waals surface area contributed by atoms with Gasteiger partial charge in [-0.3, -0.25) is 14.4 Å². The third-order valence-corrected chi connectivity index (χ3v) is 7.72. The van der Waals surface area contributed by atoms with E-state index in [-0.39, 0.29) is 42.1 Å². The standard InChI is InChI=1S/C27H26N2O5S/c28-26(32)19-10-7-17(24-4-2-12-35-24)14-20(19)21(13-16-5-8-18(30)9-6-16)27(33)29-11-1-3-23-25(29)22(31)15-34-23/h2,4-10,12,14,21,23,25,30H,1,3,11,13,15H2,(H2,28,32). The van der Waals surface area contributed by atoms with Gasteiger partial charge in [0.25, 0.3) is 0 Å². The van der Waals surface area contributed by atoms with Crippen molar-refractivity contribution >= 4 is 28.9 Å². The summed E-state index contributed by atoms with van der Waals surface area (Å²) in [6.45, 7) is 0.472. The van der Waals surface area contributed by atoms with Crippen LogP contribution in [0, 0.1) is 0 Å². The molecule has 7 nitrogen and oxygen atoms in total. The molecule has 0 radical (unpaired) electrons. The molecule has 5 rings (SSSR count). The van der Waals surface area contributed by atoms with Gasteiger partial charge in [0.15, 0.2) is 5.78 Å². The summed E-state index contributed by atoms with van der Waals surface area (Å²) in [6, 6.07) is 15.3. The van der Waals surface area contributed by atoms with Gasteiger partial charge < -0.3 is 20.5 Å². The van der Waals surface area contributed by atoms with E-state index >= 15 is 0 Å². The summed E-state index contributed by atoms with van der Waals surface area (Å²) in [5, 5.41) is 11.7. The molecule has 3 unspecified atom stereocenters. The predicted octanol–water partition coefficient (Wildman–Crippen LogP) is 3.50. The van der Waals surface area contributed by atoms with Crippen molar-refractivity contribution in [1.82, 2.24) is 4.90 Å². The molecule has 3 atom stereocenters. The van der Waals surface area contributed by atoms with Crippen LogP contribution in [-0.4, -0.2) is 52.9 Å². The lowest BCUT2D eigenvalue weighted by Gasteiger charge is -2.38. The lowest BCUT2D eigenvalue weighted by molar-refractivity contribution is -0.142. The van der Waals surface area contributed by atoms with Crippen molar-refractivity contribution in [3.05, 3.63) is 76.7 Å². The zero-order valence-electron chi connectivity index (χ0n) is 19.1. The third-order valence-electron chi connectivity index (χ3n) is 6.80. The fourth-order valence-electron chi connectivity index (χ4n) is 5.11. The Morgan fingerprint density at radius 1 is 1.17 bits per heavy atom. The number of thiophene rings is 1. The van der Waals surface area contributed by atoms with E-state index in [1.165, 1.54) is 0 Å². The van der Waals surface area contributed by atoms with Crippen molar-refractivity contribution in [1.29, 1.82) is 0 Å². The van der Waals surface area contributed by atoms with Crippen LogP contribution in [0.5, 0.6) is 5.75 Å². The van der Waals surface area contributed by atoms with E-state index in [1.807, 2.05) is 29.6 Å². The number of likely N-dealkylation sites (tertiary alicyclic amines) is 1. The van der Waals surface area contributed by atoms with Crippen LogP contribution in [0.3, 0.4) is 0 Å². The van der Waals surface area contributed by atoms with Gasteiger partial charge in [-0.1, -0.05) is 24.3 Å². The van der Waals surface area contributed by atoms with Crippen LogP contribution in [0.15, 0.2) is 60.0 Å². The van der Waals surface area contributed by atoms with Gasteiger partial charge in [0.2, 0.25) is 11.8 Å². The van der Waals surface area contributed by atoms with Crippen LogP contribution < -0.4 is 5.73 Å². The first-order chi connectivity index (χ1) is 16.9. The highest BCUT2D eigenvalue weighted by Gasteiger charge is 2.46. The van der Waals surface area contributed by atoms with E-state index in [9.17, 15) is 19.5 Å². The molecule has 3 N–H and O–H groups in total. The number of hydrogen-bond acceptors (Lipinski definition) is 6. The minimum absolute atomic E-state index is 0.0160. The van der Waals surface area contributed by atoms with E-state index in [2.05, 4.69) is 0 Å². The number of nitrogens with zero attached hydrogens (tertiary/aromatic N) is 1. The van der Waals surface area contributed by atoms with Crippen LogP contribution in [0.25, 0.3) is 10.4 Å². The normalized spacial score (nSPS) is 20.5. The average molecular weight is 491 g/mol. The average Bonchev–Trinajstić information content (AvgIpc) is 3.53. The molecular formula is C27H26N2O5S. The van der Waals surface area contributed by atoms with Crippen molar-refractivity contribution in [3.8, 4) is 16.2 Å². The van der Waals surface area contributed by atoms with Crippen molar-refractivity contribution in [2.75, 3.05) is 13.2 Å². The Morgan fingerprint density at radius 2 is 1.97 bits per heavy atom. The van der Waals surface area contributed by atoms with Gasteiger partial charge in [-0.15, -0.1) is 11.3 Å². The minimum Gasteiger partial charge on any atom is -0.508 e. The van der Waals surface area contributed by atoms with E-state index in [0.717, 1.165) is 28.8 Å². The lowest BCUT2D eigenvalue weighted by Crippen LogP contribution is -2.53. The first-order valence-corrected chi connectivity index (χ1v) is 12.5. The second-order valence-electron chi connectivity index (χ2n) is 9.00. The Labute approximate surface area is 207 Å². The largest absolute Gasteiger partial charge is 0.508 e. The quantitative estimate of drug-likeness (QED) is 0.550. The molecule has 2 saturated heterocycles. The summed E-state index contributed by atoms with van der Waals surface area (Å²) in [5.41, 5.74) is 8.28. The van der Waals surface area contributed by atoms with Crippen LogP contribution in [0.1, 0.15) is 40.2 Å². The van der Waals surface area contributed by atoms with Crippen LogP contribution in [0.2, 0.25) is 0 Å². The lowest BCUT2D eigenvalue weighted by atomic mass is 9.84. The summed E-state index contributed by atoms with van der Waals surface area (Å²) in [5.74, 6) is -1.54. The topological polar surface area (TPSA) is 110 Å². The molecule has 0 aliphatic carbocycles. The van der Waals surface area contributed by atoms with E-state index < -0.39 is 17.9 Å². The maximum absolute atomic E-state index is 14.2. The number of nitrogens with two attached hydrogens (primary N) is 1. The molecule has 3 heterocycles. The number of fused-ring (bicyclic) bond motifs is 1. The molecule has 2 aromatic carbocycles. The molecule has 2 aliphatic rings. The van der Waals surface area contributed by atoms with E-state index in [1.54, 1.807) is 46.6 Å². The van der Waals surface area contributed by atoms with Crippen molar-refractivity contribution < 1.29 is 24.2 Å². The Hall–Kier alpha value is -3.49. The highest BCUT2D eigenvalue weighted by Crippen LogP contribution is 2.35. The summed E-state index contributed by atoms with van der Waals surface area (Å²) in [7, 11) is 0. The van der Waals surface area contributed by atoms with Gasteiger partial charge >= 0.3 is 0 Å². The van der Waals surface area contributed by atoms with E-state index in [4.69, 9.17) is 10.5 Å². The predicted molar refractivity (Wildman–Crippen MR) is 132 cm³/mol. The number of primary amides is 1. The third kappa shape index (κ3) is 4.59. The minimum atomic E-state index is -0.742. The van der Waals surface area contributed by atoms with Crippen molar-refractivity contribution in [2.45, 2.75) is 37.3 Å². The molecule has 2 amide bonds. The zero-order chi connectivity index (χ0) is 24.5. The molecular weight excluding hydrogens is 464 g/mol. The summed E-state index contributed by atoms with van der Waals surface area (Å²) >= 11 is 1.57.